The van der Waals surface area contributed by atoms with E-state index in [2.05, 4.69) is 4.90 Å². The number of fused-ring (bicyclic) bond motifs is 1. The monoisotopic (exact) mass is 303 g/mol. The quantitative estimate of drug-likeness (QED) is 0.727. The second kappa shape index (κ2) is 5.53. The van der Waals surface area contributed by atoms with Crippen LogP contribution in [0.2, 0.25) is 0 Å². The number of hydrogen-bond donors (Lipinski definition) is 0. The van der Waals surface area contributed by atoms with Gasteiger partial charge in [0.25, 0.3) is 10.2 Å². The first-order valence-corrected chi connectivity index (χ1v) is 9.00. The second-order valence-electron chi connectivity index (χ2n) is 6.25. The van der Waals surface area contributed by atoms with Crippen molar-refractivity contribution in [3.8, 4) is 0 Å². The van der Waals surface area contributed by atoms with Gasteiger partial charge in [-0.1, -0.05) is 0 Å². The maximum absolute atomic E-state index is 12.9. The van der Waals surface area contributed by atoms with Crippen LogP contribution in [-0.4, -0.2) is 79.4 Å². The van der Waals surface area contributed by atoms with Gasteiger partial charge in [-0.25, -0.2) is 0 Å². The van der Waals surface area contributed by atoms with Gasteiger partial charge in [0, 0.05) is 37.8 Å². The molecule has 3 heterocycles. The summed E-state index contributed by atoms with van der Waals surface area (Å²) in [6.07, 6.45) is 2.32. The molecule has 0 unspecified atom stereocenters. The van der Waals surface area contributed by atoms with Gasteiger partial charge in [-0.15, -0.1) is 0 Å². The third-order valence-corrected chi connectivity index (χ3v) is 7.02. The van der Waals surface area contributed by atoms with Crippen molar-refractivity contribution in [3.63, 3.8) is 0 Å². The van der Waals surface area contributed by atoms with E-state index < -0.39 is 10.2 Å². The summed E-state index contributed by atoms with van der Waals surface area (Å²) in [4.78, 5) is 2.44. The summed E-state index contributed by atoms with van der Waals surface area (Å²) in [5.74, 6) is 0. The molecule has 0 aromatic rings. The van der Waals surface area contributed by atoms with Crippen LogP contribution in [0.25, 0.3) is 0 Å². The van der Waals surface area contributed by atoms with Crippen LogP contribution >= 0.6 is 0 Å². The Hall–Kier alpha value is -0.210. The number of rotatable bonds is 2. The Morgan fingerprint density at radius 3 is 2.60 bits per heavy atom. The van der Waals surface area contributed by atoms with Crippen LogP contribution in [0.5, 0.6) is 0 Å². The highest BCUT2D eigenvalue weighted by Gasteiger charge is 2.43. The predicted molar refractivity (Wildman–Crippen MR) is 76.7 cm³/mol. The molecule has 3 atom stereocenters. The molecule has 0 aliphatic carbocycles. The van der Waals surface area contributed by atoms with Gasteiger partial charge in [-0.3, -0.25) is 4.90 Å². The molecule has 0 spiro atoms. The maximum atomic E-state index is 12.9. The fourth-order valence-corrected chi connectivity index (χ4v) is 5.64. The predicted octanol–water partition coefficient (Wildman–Crippen LogP) is 0.120. The Balaban J connectivity index is 1.79. The molecular formula is C13H25N3O3S. The van der Waals surface area contributed by atoms with Crippen molar-refractivity contribution in [2.24, 2.45) is 0 Å². The van der Waals surface area contributed by atoms with E-state index in [0.717, 1.165) is 19.5 Å². The zero-order valence-corrected chi connectivity index (χ0v) is 13.2. The Morgan fingerprint density at radius 1 is 1.05 bits per heavy atom. The standard InChI is InChI=1S/C13H25N3O3S/c1-11-8-14-5-3-4-13(14)9-16(11)20(17,18)15-6-7-19-10-12(15)2/h11-13H,3-10H2,1-2H3/t11-,12+,13-/m0/s1. The first kappa shape index (κ1) is 14.7. The summed E-state index contributed by atoms with van der Waals surface area (Å²) in [6, 6.07) is 0.407. The van der Waals surface area contributed by atoms with Gasteiger partial charge in [0.15, 0.2) is 0 Å². The molecule has 20 heavy (non-hydrogen) atoms. The maximum Gasteiger partial charge on any atom is 0.282 e. The average Bonchev–Trinajstić information content (AvgIpc) is 2.85. The summed E-state index contributed by atoms with van der Waals surface area (Å²) < 4.78 is 34.6. The summed E-state index contributed by atoms with van der Waals surface area (Å²) >= 11 is 0. The molecule has 0 radical (unpaired) electrons. The van der Waals surface area contributed by atoms with E-state index in [1.165, 1.54) is 6.42 Å². The molecule has 3 aliphatic rings. The average molecular weight is 303 g/mol. The van der Waals surface area contributed by atoms with Crippen LogP contribution in [0, 0.1) is 0 Å². The van der Waals surface area contributed by atoms with E-state index >= 15 is 0 Å². The Kier molecular flexibility index (Phi) is 4.07. The minimum atomic E-state index is -3.36. The minimum Gasteiger partial charge on any atom is -0.378 e. The van der Waals surface area contributed by atoms with Crippen molar-refractivity contribution >= 4 is 10.2 Å². The van der Waals surface area contributed by atoms with Crippen molar-refractivity contribution in [1.29, 1.82) is 0 Å². The Bertz CT molecular complexity index is 456. The largest absolute Gasteiger partial charge is 0.378 e. The molecule has 7 heteroatoms. The number of nitrogens with zero attached hydrogens (tertiary/aromatic N) is 3. The number of piperazine rings is 1. The highest BCUT2D eigenvalue weighted by atomic mass is 32.2. The molecule has 0 aromatic carbocycles. The summed E-state index contributed by atoms with van der Waals surface area (Å²) in [7, 11) is -3.36. The van der Waals surface area contributed by atoms with E-state index in [0.29, 0.717) is 32.3 Å². The van der Waals surface area contributed by atoms with Crippen molar-refractivity contribution < 1.29 is 13.2 Å². The summed E-state index contributed by atoms with van der Waals surface area (Å²) in [5.41, 5.74) is 0. The lowest BCUT2D eigenvalue weighted by molar-refractivity contribution is 0.0319. The third kappa shape index (κ3) is 2.50. The van der Waals surface area contributed by atoms with Crippen molar-refractivity contribution in [2.45, 2.75) is 44.8 Å². The normalized spacial score (nSPS) is 38.0. The first-order chi connectivity index (χ1) is 9.50. The molecule has 116 valence electrons. The van der Waals surface area contributed by atoms with Gasteiger partial charge in [-0.05, 0) is 33.2 Å². The van der Waals surface area contributed by atoms with Gasteiger partial charge < -0.3 is 4.74 Å². The highest BCUT2D eigenvalue weighted by Crippen LogP contribution is 2.28. The number of morpholine rings is 1. The smallest absolute Gasteiger partial charge is 0.282 e. The lowest BCUT2D eigenvalue weighted by Crippen LogP contribution is -2.61. The molecule has 6 nitrogen and oxygen atoms in total. The lowest BCUT2D eigenvalue weighted by atomic mass is 10.1. The number of hydrogen-bond acceptors (Lipinski definition) is 4. The first-order valence-electron chi connectivity index (χ1n) is 7.60. The van der Waals surface area contributed by atoms with Crippen LogP contribution in [0.1, 0.15) is 26.7 Å². The fraction of sp³-hybridized carbons (Fsp3) is 1.00. The zero-order chi connectivity index (χ0) is 14.3. The van der Waals surface area contributed by atoms with Gasteiger partial charge in [-0.2, -0.15) is 17.0 Å². The fourth-order valence-electron chi connectivity index (χ4n) is 3.67. The van der Waals surface area contributed by atoms with Gasteiger partial charge >= 0.3 is 0 Å². The van der Waals surface area contributed by atoms with Crippen molar-refractivity contribution in [3.05, 3.63) is 0 Å². The van der Waals surface area contributed by atoms with E-state index in [1.807, 2.05) is 13.8 Å². The van der Waals surface area contributed by atoms with Crippen molar-refractivity contribution in [1.82, 2.24) is 13.5 Å². The van der Waals surface area contributed by atoms with E-state index in [9.17, 15) is 8.42 Å². The Labute approximate surface area is 121 Å². The molecule has 0 N–H and O–H groups in total. The molecule has 0 aromatic heterocycles. The van der Waals surface area contributed by atoms with Gasteiger partial charge in [0.05, 0.1) is 13.2 Å². The van der Waals surface area contributed by atoms with E-state index in [4.69, 9.17) is 4.74 Å². The third-order valence-electron chi connectivity index (χ3n) is 4.78. The molecule has 3 fully saturated rings. The van der Waals surface area contributed by atoms with Crippen LogP contribution in [-0.2, 0) is 14.9 Å². The molecule has 3 saturated heterocycles. The van der Waals surface area contributed by atoms with E-state index in [1.54, 1.807) is 8.61 Å². The number of ether oxygens (including phenoxy) is 1. The second-order valence-corrected chi connectivity index (χ2v) is 8.09. The minimum absolute atomic E-state index is 0.0596. The van der Waals surface area contributed by atoms with Gasteiger partial charge in [0.2, 0.25) is 0 Å². The topological polar surface area (TPSA) is 53.1 Å². The Morgan fingerprint density at radius 2 is 1.85 bits per heavy atom. The van der Waals surface area contributed by atoms with Crippen LogP contribution < -0.4 is 0 Å². The zero-order valence-electron chi connectivity index (χ0n) is 12.4. The summed E-state index contributed by atoms with van der Waals surface area (Å²) in [6.45, 7) is 8.05. The van der Waals surface area contributed by atoms with Crippen LogP contribution in [0.4, 0.5) is 0 Å². The molecular weight excluding hydrogens is 278 g/mol. The molecule has 0 amide bonds. The highest BCUT2D eigenvalue weighted by molar-refractivity contribution is 7.86. The molecule has 3 rings (SSSR count). The lowest BCUT2D eigenvalue weighted by Gasteiger charge is -2.44. The SMILES string of the molecule is C[C@@H]1COCCN1S(=O)(=O)N1C[C@@H]2CCCN2C[C@@H]1C. The van der Waals surface area contributed by atoms with Gasteiger partial charge in [0.1, 0.15) is 0 Å². The molecule has 3 aliphatic heterocycles. The van der Waals surface area contributed by atoms with Crippen LogP contribution in [0.15, 0.2) is 0 Å². The summed E-state index contributed by atoms with van der Waals surface area (Å²) in [5, 5.41) is 0. The van der Waals surface area contributed by atoms with Crippen LogP contribution in [0.3, 0.4) is 0 Å². The van der Waals surface area contributed by atoms with Crippen molar-refractivity contribution in [2.75, 3.05) is 39.4 Å². The van der Waals surface area contributed by atoms with E-state index in [-0.39, 0.29) is 12.1 Å². The molecule has 0 bridgehead atoms. The molecule has 0 saturated carbocycles.